The Kier molecular flexibility index (Phi) is 3.99. The van der Waals surface area contributed by atoms with Gasteiger partial charge < -0.3 is 20.1 Å². The molecule has 2 aromatic carbocycles. The summed E-state index contributed by atoms with van der Waals surface area (Å²) in [6, 6.07) is 8.24. The maximum Gasteiger partial charge on any atom is 0.573 e. The minimum atomic E-state index is -4.74. The first-order chi connectivity index (χ1) is 11.7. The van der Waals surface area contributed by atoms with Crippen LogP contribution < -0.4 is 10.1 Å². The van der Waals surface area contributed by atoms with Gasteiger partial charge in [0.05, 0.1) is 16.6 Å². The summed E-state index contributed by atoms with van der Waals surface area (Å²) in [5, 5.41) is 12.0. The number of hydrogen-bond donors (Lipinski definition) is 3. The molecule has 1 heterocycles. The normalized spacial score (nSPS) is 11.5. The zero-order chi connectivity index (χ0) is 18.2. The Hall–Kier alpha value is -3.23. The molecule has 0 amide bonds. The van der Waals surface area contributed by atoms with E-state index in [1.54, 1.807) is 13.0 Å². The lowest BCUT2D eigenvalue weighted by molar-refractivity contribution is -0.274. The lowest BCUT2D eigenvalue weighted by atomic mass is 10.1. The van der Waals surface area contributed by atoms with Crippen LogP contribution in [-0.4, -0.2) is 27.4 Å². The Bertz CT molecular complexity index is 933. The summed E-state index contributed by atoms with van der Waals surface area (Å²) in [6.45, 7) is 1.65. The number of aromatic nitrogens is 2. The Morgan fingerprint density at radius 1 is 1.20 bits per heavy atom. The number of aryl methyl sites for hydroxylation is 1. The van der Waals surface area contributed by atoms with Gasteiger partial charge in [-0.05, 0) is 48.9 Å². The fourth-order valence-corrected chi connectivity index (χ4v) is 2.38. The number of carboxylic acid groups (broad SMARTS) is 1. The van der Waals surface area contributed by atoms with E-state index in [1.807, 2.05) is 0 Å². The molecule has 0 bridgehead atoms. The van der Waals surface area contributed by atoms with Crippen LogP contribution in [0.1, 0.15) is 15.9 Å². The van der Waals surface area contributed by atoms with Gasteiger partial charge in [-0.25, -0.2) is 9.78 Å². The van der Waals surface area contributed by atoms with E-state index in [-0.39, 0.29) is 11.3 Å². The molecule has 3 N–H and O–H groups in total. The molecule has 3 rings (SSSR count). The van der Waals surface area contributed by atoms with Gasteiger partial charge in [-0.2, -0.15) is 0 Å². The van der Waals surface area contributed by atoms with Crippen molar-refractivity contribution in [1.82, 2.24) is 9.97 Å². The average Bonchev–Trinajstić information content (AvgIpc) is 2.91. The number of H-pyrrole nitrogens is 1. The summed E-state index contributed by atoms with van der Waals surface area (Å²) in [7, 11) is 0. The number of halogens is 3. The molecule has 0 saturated heterocycles. The topological polar surface area (TPSA) is 87.2 Å². The molecular weight excluding hydrogens is 339 g/mol. The van der Waals surface area contributed by atoms with Crippen molar-refractivity contribution in [3.8, 4) is 5.75 Å². The molecule has 1 aromatic heterocycles. The van der Waals surface area contributed by atoms with Crippen LogP contribution >= 0.6 is 0 Å². The smallest absolute Gasteiger partial charge is 0.478 e. The number of aromatic carboxylic acids is 1. The maximum absolute atomic E-state index is 12.1. The summed E-state index contributed by atoms with van der Waals surface area (Å²) in [5.74, 6) is -1.04. The number of ether oxygens (including phenoxy) is 1. The third-order valence-electron chi connectivity index (χ3n) is 3.49. The number of imidazole rings is 1. The molecule has 0 saturated carbocycles. The van der Waals surface area contributed by atoms with Gasteiger partial charge in [-0.15, -0.1) is 13.2 Å². The molecule has 130 valence electrons. The summed E-state index contributed by atoms with van der Waals surface area (Å²) < 4.78 is 40.2. The fourth-order valence-electron chi connectivity index (χ4n) is 2.38. The van der Waals surface area contributed by atoms with Gasteiger partial charge in [0.25, 0.3) is 0 Å². The number of nitrogens with zero attached hydrogens (tertiary/aromatic N) is 1. The number of hydrogen-bond acceptors (Lipinski definition) is 4. The number of fused-ring (bicyclic) bond motifs is 1. The molecule has 3 aromatic rings. The van der Waals surface area contributed by atoms with Gasteiger partial charge in [0, 0.05) is 5.69 Å². The lowest BCUT2D eigenvalue weighted by Crippen LogP contribution is -2.16. The van der Waals surface area contributed by atoms with Crippen LogP contribution in [0.5, 0.6) is 5.75 Å². The van der Waals surface area contributed by atoms with Gasteiger partial charge in [-0.1, -0.05) is 0 Å². The standard InChI is InChI=1S/C16H12F3N3O3/c1-8-11(14(23)24)6-7-12-13(8)22-15(21-12)20-9-2-4-10(5-3-9)25-16(17,18)19/h2-7H,1H3,(H,23,24)(H2,20,21,22). The maximum atomic E-state index is 12.1. The second-order valence-electron chi connectivity index (χ2n) is 5.22. The number of nitrogens with one attached hydrogen (secondary N) is 2. The minimum Gasteiger partial charge on any atom is -0.478 e. The van der Waals surface area contributed by atoms with Crippen LogP contribution in [0, 0.1) is 6.92 Å². The second kappa shape index (κ2) is 6.00. The van der Waals surface area contributed by atoms with Crippen molar-refractivity contribution in [3.63, 3.8) is 0 Å². The predicted molar refractivity (Wildman–Crippen MR) is 84.2 cm³/mol. The van der Waals surface area contributed by atoms with Crippen molar-refractivity contribution in [2.75, 3.05) is 5.32 Å². The van der Waals surface area contributed by atoms with E-state index >= 15 is 0 Å². The third kappa shape index (κ3) is 3.65. The Labute approximate surface area is 139 Å². The number of alkyl halides is 3. The predicted octanol–water partition coefficient (Wildman–Crippen LogP) is 4.21. The van der Waals surface area contributed by atoms with Crippen LogP contribution in [0.15, 0.2) is 36.4 Å². The Morgan fingerprint density at radius 3 is 2.48 bits per heavy atom. The molecule has 9 heteroatoms. The quantitative estimate of drug-likeness (QED) is 0.655. The van der Waals surface area contributed by atoms with Crippen molar-refractivity contribution in [2.45, 2.75) is 13.3 Å². The molecule has 0 spiro atoms. The average molecular weight is 351 g/mol. The first kappa shape index (κ1) is 16.6. The first-order valence-electron chi connectivity index (χ1n) is 7.08. The zero-order valence-electron chi connectivity index (χ0n) is 12.8. The molecule has 0 radical (unpaired) electrons. The highest BCUT2D eigenvalue weighted by Gasteiger charge is 2.30. The summed E-state index contributed by atoms with van der Waals surface area (Å²) in [5.41, 5.74) is 2.30. The Balaban J connectivity index is 1.83. The van der Waals surface area contributed by atoms with Gasteiger partial charge in [-0.3, -0.25) is 0 Å². The van der Waals surface area contributed by atoms with E-state index in [0.29, 0.717) is 28.2 Å². The SMILES string of the molecule is Cc1c(C(=O)O)ccc2[nH]c(Nc3ccc(OC(F)(F)F)cc3)nc12. The van der Waals surface area contributed by atoms with E-state index in [2.05, 4.69) is 20.0 Å². The monoisotopic (exact) mass is 351 g/mol. The molecule has 0 fully saturated rings. The Morgan fingerprint density at radius 2 is 1.88 bits per heavy atom. The number of aromatic amines is 1. The van der Waals surface area contributed by atoms with Gasteiger partial charge in [0.1, 0.15) is 5.75 Å². The number of carboxylic acids is 1. The fraction of sp³-hybridized carbons (Fsp3) is 0.125. The van der Waals surface area contributed by atoms with Crippen molar-refractivity contribution < 1.29 is 27.8 Å². The van der Waals surface area contributed by atoms with E-state index in [9.17, 15) is 18.0 Å². The first-order valence-corrected chi connectivity index (χ1v) is 7.08. The van der Waals surface area contributed by atoms with Crippen molar-refractivity contribution in [3.05, 3.63) is 47.5 Å². The van der Waals surface area contributed by atoms with Crippen LogP contribution in [0.2, 0.25) is 0 Å². The van der Waals surface area contributed by atoms with E-state index in [1.165, 1.54) is 30.3 Å². The molecule has 0 unspecified atom stereocenters. The molecule has 0 aliphatic carbocycles. The van der Waals surface area contributed by atoms with E-state index < -0.39 is 12.3 Å². The highest BCUT2D eigenvalue weighted by atomic mass is 19.4. The van der Waals surface area contributed by atoms with E-state index in [4.69, 9.17) is 5.11 Å². The van der Waals surface area contributed by atoms with Crippen molar-refractivity contribution >= 4 is 28.6 Å². The van der Waals surface area contributed by atoms with E-state index in [0.717, 1.165) is 0 Å². The summed E-state index contributed by atoms with van der Waals surface area (Å²) >= 11 is 0. The zero-order valence-corrected chi connectivity index (χ0v) is 12.8. The molecule has 0 aliphatic rings. The minimum absolute atomic E-state index is 0.152. The highest BCUT2D eigenvalue weighted by Crippen LogP contribution is 2.26. The number of rotatable bonds is 4. The molecule has 25 heavy (non-hydrogen) atoms. The molecular formula is C16H12F3N3O3. The number of anilines is 2. The molecule has 0 aliphatic heterocycles. The van der Waals surface area contributed by atoms with Crippen LogP contribution in [0.4, 0.5) is 24.8 Å². The van der Waals surface area contributed by atoms with Crippen LogP contribution in [-0.2, 0) is 0 Å². The highest BCUT2D eigenvalue weighted by molar-refractivity contribution is 5.96. The van der Waals surface area contributed by atoms with Crippen LogP contribution in [0.25, 0.3) is 11.0 Å². The van der Waals surface area contributed by atoms with Gasteiger partial charge >= 0.3 is 12.3 Å². The van der Waals surface area contributed by atoms with Crippen LogP contribution in [0.3, 0.4) is 0 Å². The van der Waals surface area contributed by atoms with Gasteiger partial charge in [0.2, 0.25) is 5.95 Å². The molecule has 0 atom stereocenters. The lowest BCUT2D eigenvalue weighted by Gasteiger charge is -2.09. The molecule has 6 nitrogen and oxygen atoms in total. The van der Waals surface area contributed by atoms with Crippen molar-refractivity contribution in [1.29, 1.82) is 0 Å². The van der Waals surface area contributed by atoms with Crippen molar-refractivity contribution in [2.24, 2.45) is 0 Å². The number of carbonyl (C=O) groups is 1. The largest absolute Gasteiger partial charge is 0.573 e. The summed E-state index contributed by atoms with van der Waals surface area (Å²) in [4.78, 5) is 18.4. The summed E-state index contributed by atoms with van der Waals surface area (Å²) in [6.07, 6.45) is -4.74. The third-order valence-corrected chi connectivity index (χ3v) is 3.49. The second-order valence-corrected chi connectivity index (χ2v) is 5.22. The number of benzene rings is 2. The van der Waals surface area contributed by atoms with Gasteiger partial charge in [0.15, 0.2) is 0 Å².